The van der Waals surface area contributed by atoms with Gasteiger partial charge >= 0.3 is 0 Å². The van der Waals surface area contributed by atoms with Crippen LogP contribution in [0.5, 0.6) is 0 Å². The predicted molar refractivity (Wildman–Crippen MR) is 52.9 cm³/mol. The summed E-state index contributed by atoms with van der Waals surface area (Å²) in [6.07, 6.45) is 4.88. The van der Waals surface area contributed by atoms with Crippen molar-refractivity contribution in [3.05, 3.63) is 29.6 Å². The molecule has 0 aliphatic carbocycles. The highest BCUT2D eigenvalue weighted by Gasteiger charge is 2.26. The van der Waals surface area contributed by atoms with Crippen molar-refractivity contribution in [2.24, 2.45) is 0 Å². The van der Waals surface area contributed by atoms with Crippen molar-refractivity contribution in [2.45, 2.75) is 32.0 Å². The standard InChI is InChI=1S/C11H15NO2/c1-8-4-5-12-7-9(8)11(13)10-3-2-6-14-10/h4-5,7,10-11,13H,2-3,6H2,1H3. The highest BCUT2D eigenvalue weighted by molar-refractivity contribution is 5.24. The number of pyridine rings is 1. The van der Waals surface area contributed by atoms with E-state index < -0.39 is 6.10 Å². The van der Waals surface area contributed by atoms with E-state index in [2.05, 4.69) is 4.98 Å². The van der Waals surface area contributed by atoms with Gasteiger partial charge in [0.15, 0.2) is 0 Å². The highest BCUT2D eigenvalue weighted by Crippen LogP contribution is 2.27. The number of hydrogen-bond donors (Lipinski definition) is 1. The Morgan fingerprint density at radius 2 is 2.50 bits per heavy atom. The zero-order chi connectivity index (χ0) is 9.97. The van der Waals surface area contributed by atoms with Gasteiger partial charge in [0.1, 0.15) is 6.10 Å². The Kier molecular flexibility index (Phi) is 2.79. The van der Waals surface area contributed by atoms with Gasteiger partial charge in [0.2, 0.25) is 0 Å². The molecule has 0 bridgehead atoms. The normalized spacial score (nSPS) is 23.7. The van der Waals surface area contributed by atoms with Crippen molar-refractivity contribution in [1.82, 2.24) is 4.98 Å². The van der Waals surface area contributed by atoms with Crippen molar-refractivity contribution >= 4 is 0 Å². The summed E-state index contributed by atoms with van der Waals surface area (Å²) in [7, 11) is 0. The molecule has 1 aromatic rings. The molecule has 1 aromatic heterocycles. The molecule has 3 nitrogen and oxygen atoms in total. The predicted octanol–water partition coefficient (Wildman–Crippen LogP) is 1.60. The number of rotatable bonds is 2. The zero-order valence-electron chi connectivity index (χ0n) is 8.31. The third-order valence-electron chi connectivity index (χ3n) is 2.72. The molecule has 1 aliphatic rings. The molecule has 0 aromatic carbocycles. The van der Waals surface area contributed by atoms with Crippen LogP contribution < -0.4 is 0 Å². The Hall–Kier alpha value is -0.930. The SMILES string of the molecule is Cc1ccncc1C(O)C1CCCO1. The van der Waals surface area contributed by atoms with Crippen LogP contribution in [0.25, 0.3) is 0 Å². The van der Waals surface area contributed by atoms with E-state index in [1.165, 1.54) is 0 Å². The molecular weight excluding hydrogens is 178 g/mol. The zero-order valence-corrected chi connectivity index (χ0v) is 8.31. The van der Waals surface area contributed by atoms with Crippen LogP contribution in [0, 0.1) is 6.92 Å². The van der Waals surface area contributed by atoms with Gasteiger partial charge < -0.3 is 9.84 Å². The number of aromatic nitrogens is 1. The van der Waals surface area contributed by atoms with E-state index in [4.69, 9.17) is 4.74 Å². The van der Waals surface area contributed by atoms with Gasteiger partial charge in [-0.15, -0.1) is 0 Å². The van der Waals surface area contributed by atoms with Crippen molar-refractivity contribution in [3.63, 3.8) is 0 Å². The molecule has 2 heterocycles. The van der Waals surface area contributed by atoms with E-state index >= 15 is 0 Å². The fourth-order valence-electron chi connectivity index (χ4n) is 1.84. The minimum absolute atomic E-state index is 0.0436. The summed E-state index contributed by atoms with van der Waals surface area (Å²) in [5.41, 5.74) is 1.96. The molecule has 0 spiro atoms. The van der Waals surface area contributed by atoms with Gasteiger partial charge in [-0.25, -0.2) is 0 Å². The van der Waals surface area contributed by atoms with Crippen molar-refractivity contribution in [1.29, 1.82) is 0 Å². The van der Waals surface area contributed by atoms with E-state index in [0.29, 0.717) is 0 Å². The minimum Gasteiger partial charge on any atom is -0.386 e. The summed E-state index contributed by atoms with van der Waals surface area (Å²) in [4.78, 5) is 4.02. The average Bonchev–Trinajstić information content (AvgIpc) is 2.70. The monoisotopic (exact) mass is 193 g/mol. The third-order valence-corrected chi connectivity index (χ3v) is 2.72. The molecule has 1 aliphatic heterocycles. The van der Waals surface area contributed by atoms with Crippen LogP contribution in [0.2, 0.25) is 0 Å². The van der Waals surface area contributed by atoms with Crippen molar-refractivity contribution in [2.75, 3.05) is 6.61 Å². The molecule has 0 saturated carbocycles. The van der Waals surface area contributed by atoms with E-state index in [-0.39, 0.29) is 6.10 Å². The fraction of sp³-hybridized carbons (Fsp3) is 0.545. The maximum atomic E-state index is 10.0. The van der Waals surface area contributed by atoms with E-state index in [0.717, 1.165) is 30.6 Å². The largest absolute Gasteiger partial charge is 0.386 e. The first kappa shape index (κ1) is 9.62. The fourth-order valence-corrected chi connectivity index (χ4v) is 1.84. The van der Waals surface area contributed by atoms with Crippen LogP contribution in [0.1, 0.15) is 30.1 Å². The summed E-state index contributed by atoms with van der Waals surface area (Å²) in [6, 6.07) is 1.91. The number of nitrogens with zero attached hydrogens (tertiary/aromatic N) is 1. The van der Waals surface area contributed by atoms with Crippen LogP contribution in [0.3, 0.4) is 0 Å². The Bertz CT molecular complexity index is 308. The Labute approximate surface area is 83.7 Å². The number of hydrogen-bond acceptors (Lipinski definition) is 3. The van der Waals surface area contributed by atoms with Crippen LogP contribution >= 0.6 is 0 Å². The summed E-state index contributed by atoms with van der Waals surface area (Å²) >= 11 is 0. The highest BCUT2D eigenvalue weighted by atomic mass is 16.5. The lowest BCUT2D eigenvalue weighted by molar-refractivity contribution is -0.00304. The van der Waals surface area contributed by atoms with E-state index in [1.54, 1.807) is 12.4 Å². The summed E-state index contributed by atoms with van der Waals surface area (Å²) < 4.78 is 5.45. The van der Waals surface area contributed by atoms with Gasteiger partial charge in [-0.05, 0) is 31.4 Å². The molecule has 2 rings (SSSR count). The first-order valence-electron chi connectivity index (χ1n) is 4.99. The molecule has 1 saturated heterocycles. The van der Waals surface area contributed by atoms with Crippen molar-refractivity contribution < 1.29 is 9.84 Å². The minimum atomic E-state index is -0.522. The topological polar surface area (TPSA) is 42.4 Å². The van der Waals surface area contributed by atoms with Crippen LogP contribution in [-0.4, -0.2) is 22.8 Å². The average molecular weight is 193 g/mol. The second kappa shape index (κ2) is 4.07. The molecule has 0 amide bonds. The first-order valence-corrected chi connectivity index (χ1v) is 4.99. The quantitative estimate of drug-likeness (QED) is 0.775. The van der Waals surface area contributed by atoms with Gasteiger partial charge in [0.05, 0.1) is 6.10 Å². The molecule has 1 N–H and O–H groups in total. The maximum absolute atomic E-state index is 10.0. The number of aryl methyl sites for hydroxylation is 1. The molecular formula is C11H15NO2. The first-order chi connectivity index (χ1) is 6.79. The lowest BCUT2D eigenvalue weighted by Gasteiger charge is -2.18. The molecule has 2 atom stereocenters. The van der Waals surface area contributed by atoms with Crippen LogP contribution in [0.15, 0.2) is 18.5 Å². The lowest BCUT2D eigenvalue weighted by atomic mass is 10.0. The van der Waals surface area contributed by atoms with Gasteiger partial charge in [0.25, 0.3) is 0 Å². The lowest BCUT2D eigenvalue weighted by Crippen LogP contribution is -2.18. The van der Waals surface area contributed by atoms with Gasteiger partial charge in [-0.1, -0.05) is 0 Å². The number of ether oxygens (including phenoxy) is 1. The molecule has 1 fully saturated rings. The third kappa shape index (κ3) is 1.79. The maximum Gasteiger partial charge on any atom is 0.107 e. The molecule has 0 radical (unpaired) electrons. The Morgan fingerprint density at radius 1 is 1.64 bits per heavy atom. The van der Waals surface area contributed by atoms with E-state index in [9.17, 15) is 5.11 Å². The number of aliphatic hydroxyl groups excluding tert-OH is 1. The molecule has 3 heteroatoms. The molecule has 14 heavy (non-hydrogen) atoms. The Balaban J connectivity index is 2.17. The summed E-state index contributed by atoms with van der Waals surface area (Å²) in [5.74, 6) is 0. The second-order valence-corrected chi connectivity index (χ2v) is 3.73. The molecule has 76 valence electrons. The Morgan fingerprint density at radius 3 is 3.14 bits per heavy atom. The number of aliphatic hydroxyl groups is 1. The van der Waals surface area contributed by atoms with Gasteiger partial charge in [0, 0.05) is 24.6 Å². The van der Waals surface area contributed by atoms with Crippen LogP contribution in [0.4, 0.5) is 0 Å². The van der Waals surface area contributed by atoms with Crippen LogP contribution in [-0.2, 0) is 4.74 Å². The van der Waals surface area contributed by atoms with Crippen molar-refractivity contribution in [3.8, 4) is 0 Å². The second-order valence-electron chi connectivity index (χ2n) is 3.73. The smallest absolute Gasteiger partial charge is 0.107 e. The molecule has 2 unspecified atom stereocenters. The van der Waals surface area contributed by atoms with Gasteiger partial charge in [-0.3, -0.25) is 4.98 Å². The summed E-state index contributed by atoms with van der Waals surface area (Å²) in [6.45, 7) is 2.75. The summed E-state index contributed by atoms with van der Waals surface area (Å²) in [5, 5.41) is 10.0. The van der Waals surface area contributed by atoms with E-state index in [1.807, 2.05) is 13.0 Å². The van der Waals surface area contributed by atoms with Gasteiger partial charge in [-0.2, -0.15) is 0 Å².